The third kappa shape index (κ3) is 10.5. The molecule has 11 N–H and O–H groups in total. The van der Waals surface area contributed by atoms with Gasteiger partial charge >= 0.3 is 17.9 Å². The first-order valence-electron chi connectivity index (χ1n) is 8.50. The average Bonchev–Trinajstić information content (AvgIpc) is 2.62. The van der Waals surface area contributed by atoms with Gasteiger partial charge in [0.2, 0.25) is 23.6 Å². The Morgan fingerprint density at radius 1 is 0.677 bits per heavy atom. The van der Waals surface area contributed by atoms with E-state index in [1.165, 1.54) is 0 Å². The van der Waals surface area contributed by atoms with Crippen molar-refractivity contribution in [2.45, 2.75) is 43.4 Å². The molecule has 0 fully saturated rings. The predicted octanol–water partition coefficient (Wildman–Crippen LogP) is -5.33. The van der Waals surface area contributed by atoms with Crippen LogP contribution in [-0.4, -0.2) is 92.7 Å². The fraction of sp³-hybridized carbons (Fsp3) is 0.533. The number of amides is 4. The van der Waals surface area contributed by atoms with E-state index in [2.05, 4.69) is 0 Å². The van der Waals surface area contributed by atoms with Crippen molar-refractivity contribution in [1.82, 2.24) is 16.0 Å². The van der Waals surface area contributed by atoms with Gasteiger partial charge in [0.05, 0.1) is 31.9 Å². The average molecular weight is 449 g/mol. The predicted molar refractivity (Wildman–Crippen MR) is 96.8 cm³/mol. The topological polar surface area (TPSA) is 289 Å². The van der Waals surface area contributed by atoms with Crippen LogP contribution in [0.2, 0.25) is 0 Å². The number of nitrogens with two attached hydrogens (primary N) is 2. The van der Waals surface area contributed by atoms with Crippen LogP contribution in [0.15, 0.2) is 0 Å². The third-order valence-electron chi connectivity index (χ3n) is 3.58. The molecule has 4 unspecified atom stereocenters. The molecular formula is C15H23N5O11. The molecule has 0 aliphatic heterocycles. The molecular weight excluding hydrogens is 426 g/mol. The van der Waals surface area contributed by atoms with Crippen LogP contribution >= 0.6 is 0 Å². The van der Waals surface area contributed by atoms with Crippen LogP contribution in [-0.2, 0) is 33.6 Å². The number of aliphatic hydroxyl groups excluding tert-OH is 1. The Morgan fingerprint density at radius 2 is 1.06 bits per heavy atom. The van der Waals surface area contributed by atoms with Gasteiger partial charge in [-0.3, -0.25) is 28.8 Å². The summed E-state index contributed by atoms with van der Waals surface area (Å²) >= 11 is 0. The molecule has 0 rings (SSSR count). The second-order valence-electron chi connectivity index (χ2n) is 6.18. The molecule has 4 atom stereocenters. The van der Waals surface area contributed by atoms with E-state index in [1.807, 2.05) is 10.6 Å². The van der Waals surface area contributed by atoms with Crippen LogP contribution in [0.1, 0.15) is 19.3 Å². The SMILES string of the molecule is NC(=O)CC(N)C(=O)NC(CC(=O)O)C(=O)NC(CC(=O)O)C(=O)NC(CO)C(=O)O. The minimum absolute atomic E-state index is 0.616. The molecule has 174 valence electrons. The number of carbonyl (C=O) groups excluding carboxylic acids is 4. The number of carbonyl (C=O) groups is 7. The molecule has 0 aliphatic carbocycles. The van der Waals surface area contributed by atoms with Crippen LogP contribution in [0.3, 0.4) is 0 Å². The fourth-order valence-electron chi connectivity index (χ4n) is 2.09. The molecule has 0 saturated carbocycles. The van der Waals surface area contributed by atoms with Crippen LogP contribution in [0.25, 0.3) is 0 Å². The number of hydrogen-bond donors (Lipinski definition) is 9. The Morgan fingerprint density at radius 3 is 1.39 bits per heavy atom. The summed E-state index contributed by atoms with van der Waals surface area (Å²) < 4.78 is 0. The molecule has 0 aromatic rings. The largest absolute Gasteiger partial charge is 0.481 e. The highest BCUT2D eigenvalue weighted by Crippen LogP contribution is 2.01. The molecule has 16 heteroatoms. The summed E-state index contributed by atoms with van der Waals surface area (Å²) in [7, 11) is 0. The summed E-state index contributed by atoms with van der Waals surface area (Å²) in [5.74, 6) is -9.46. The number of aliphatic carboxylic acids is 3. The van der Waals surface area contributed by atoms with Gasteiger partial charge in [-0.25, -0.2) is 4.79 Å². The third-order valence-corrected chi connectivity index (χ3v) is 3.58. The van der Waals surface area contributed by atoms with E-state index in [0.29, 0.717) is 0 Å². The molecule has 4 amide bonds. The Hall–Kier alpha value is -3.79. The Bertz CT molecular complexity index is 741. The van der Waals surface area contributed by atoms with E-state index < -0.39 is 91.6 Å². The lowest BCUT2D eigenvalue weighted by Gasteiger charge is -2.23. The van der Waals surface area contributed by atoms with Gasteiger partial charge in [-0.1, -0.05) is 0 Å². The Labute approximate surface area is 173 Å². The zero-order chi connectivity index (χ0) is 24.3. The quantitative estimate of drug-likeness (QED) is 0.120. The van der Waals surface area contributed by atoms with Gasteiger partial charge in [-0.2, -0.15) is 0 Å². The molecule has 0 aliphatic rings. The molecule has 31 heavy (non-hydrogen) atoms. The lowest BCUT2D eigenvalue weighted by molar-refractivity contribution is -0.145. The van der Waals surface area contributed by atoms with Gasteiger partial charge in [-0.15, -0.1) is 0 Å². The first kappa shape index (κ1) is 27.2. The van der Waals surface area contributed by atoms with Crippen molar-refractivity contribution in [2.75, 3.05) is 6.61 Å². The maximum atomic E-state index is 12.4. The number of carboxylic acids is 3. The molecule has 0 heterocycles. The van der Waals surface area contributed by atoms with Crippen LogP contribution < -0.4 is 27.4 Å². The molecule has 0 bridgehead atoms. The van der Waals surface area contributed by atoms with Gasteiger partial charge in [0.25, 0.3) is 0 Å². The van der Waals surface area contributed by atoms with Gasteiger partial charge in [-0.05, 0) is 0 Å². The lowest BCUT2D eigenvalue weighted by atomic mass is 10.1. The van der Waals surface area contributed by atoms with Gasteiger partial charge in [0, 0.05) is 0 Å². The zero-order valence-electron chi connectivity index (χ0n) is 15.9. The van der Waals surface area contributed by atoms with Gasteiger partial charge < -0.3 is 47.8 Å². The standard InChI is InChI=1S/C15H23N5O11/c16-5(1-9(17)22)12(27)18-6(2-10(23)24)13(28)19-7(3-11(25)26)14(29)20-8(4-21)15(30)31/h5-8,21H,1-4,16H2,(H2,17,22)(H,18,27)(H,19,28)(H,20,29)(H,23,24)(H,25,26)(H,30,31). The number of nitrogens with one attached hydrogen (secondary N) is 3. The number of rotatable bonds is 14. The van der Waals surface area contributed by atoms with Crippen molar-refractivity contribution in [3.05, 3.63) is 0 Å². The normalized spacial score (nSPS) is 14.3. The minimum Gasteiger partial charge on any atom is -0.481 e. The summed E-state index contributed by atoms with van der Waals surface area (Å²) in [6, 6.07) is -7.03. The number of aliphatic hydroxyl groups is 1. The highest BCUT2D eigenvalue weighted by molar-refractivity contribution is 5.97. The minimum atomic E-state index is -1.88. The summed E-state index contributed by atoms with van der Waals surface area (Å²) in [5.41, 5.74) is 10.3. The lowest BCUT2D eigenvalue weighted by Crippen LogP contribution is -2.58. The molecule has 0 spiro atoms. The van der Waals surface area contributed by atoms with E-state index in [4.69, 9.17) is 31.9 Å². The monoisotopic (exact) mass is 449 g/mol. The van der Waals surface area contributed by atoms with Crippen molar-refractivity contribution in [1.29, 1.82) is 0 Å². The maximum absolute atomic E-state index is 12.4. The van der Waals surface area contributed by atoms with Crippen LogP contribution in [0.5, 0.6) is 0 Å². The van der Waals surface area contributed by atoms with Gasteiger partial charge in [0.15, 0.2) is 0 Å². The number of primary amides is 1. The fourth-order valence-corrected chi connectivity index (χ4v) is 2.09. The van der Waals surface area contributed by atoms with Crippen LogP contribution in [0, 0.1) is 0 Å². The second kappa shape index (κ2) is 12.7. The summed E-state index contributed by atoms with van der Waals surface area (Å²) in [6.07, 6.45) is -2.66. The van der Waals surface area contributed by atoms with E-state index in [0.717, 1.165) is 0 Å². The van der Waals surface area contributed by atoms with Crippen molar-refractivity contribution < 1.29 is 54.0 Å². The molecule has 0 saturated heterocycles. The summed E-state index contributed by atoms with van der Waals surface area (Å²) in [6.45, 7) is -1.04. The van der Waals surface area contributed by atoms with E-state index in [-0.39, 0.29) is 0 Å². The second-order valence-corrected chi connectivity index (χ2v) is 6.18. The summed E-state index contributed by atoms with van der Waals surface area (Å²) in [4.78, 5) is 80.2. The Balaban J connectivity index is 5.47. The van der Waals surface area contributed by atoms with E-state index in [9.17, 15) is 33.6 Å². The first-order valence-corrected chi connectivity index (χ1v) is 8.50. The van der Waals surface area contributed by atoms with Crippen LogP contribution in [0.4, 0.5) is 0 Å². The van der Waals surface area contributed by atoms with Crippen molar-refractivity contribution in [3.8, 4) is 0 Å². The molecule has 0 aromatic heterocycles. The molecule has 0 radical (unpaired) electrons. The van der Waals surface area contributed by atoms with Crippen molar-refractivity contribution in [2.24, 2.45) is 11.5 Å². The number of hydrogen-bond acceptors (Lipinski definition) is 9. The highest BCUT2D eigenvalue weighted by Gasteiger charge is 2.32. The van der Waals surface area contributed by atoms with Crippen molar-refractivity contribution >= 4 is 41.5 Å². The number of carboxylic acid groups (broad SMARTS) is 3. The maximum Gasteiger partial charge on any atom is 0.328 e. The Kier molecular flexibility index (Phi) is 11.2. The smallest absolute Gasteiger partial charge is 0.328 e. The molecule has 0 aromatic carbocycles. The first-order chi connectivity index (χ1) is 14.3. The van der Waals surface area contributed by atoms with Gasteiger partial charge in [0.1, 0.15) is 18.1 Å². The summed E-state index contributed by atoms with van der Waals surface area (Å²) in [5, 5.41) is 41.2. The highest BCUT2D eigenvalue weighted by atomic mass is 16.4. The van der Waals surface area contributed by atoms with E-state index >= 15 is 0 Å². The zero-order valence-corrected chi connectivity index (χ0v) is 15.9. The molecule has 16 nitrogen and oxygen atoms in total. The van der Waals surface area contributed by atoms with E-state index in [1.54, 1.807) is 5.32 Å². The van der Waals surface area contributed by atoms with Crippen molar-refractivity contribution in [3.63, 3.8) is 0 Å².